The third kappa shape index (κ3) is 3.08. The summed E-state index contributed by atoms with van der Waals surface area (Å²) in [6, 6.07) is 14.8. The van der Waals surface area contributed by atoms with E-state index < -0.39 is 22.3 Å². The van der Waals surface area contributed by atoms with E-state index in [0.29, 0.717) is 34.7 Å². The largest absolute Gasteiger partial charge is 0.497 e. The lowest BCUT2D eigenvalue weighted by Gasteiger charge is -2.35. The number of non-ortho nitro benzene ring substituents is 1. The summed E-state index contributed by atoms with van der Waals surface area (Å²) >= 11 is 0. The molecule has 5 rings (SSSR count). The van der Waals surface area contributed by atoms with E-state index in [2.05, 4.69) is 10.3 Å². The molecular weight excluding hydrogens is 436 g/mol. The van der Waals surface area contributed by atoms with Crippen LogP contribution < -0.4 is 10.1 Å². The maximum atomic E-state index is 14.1. The van der Waals surface area contributed by atoms with Gasteiger partial charge in [-0.3, -0.25) is 29.6 Å². The van der Waals surface area contributed by atoms with Crippen molar-refractivity contribution < 1.29 is 19.2 Å². The number of rotatable bonds is 5. The highest BCUT2D eigenvalue weighted by molar-refractivity contribution is 6.12. The van der Waals surface area contributed by atoms with Crippen molar-refractivity contribution >= 4 is 23.1 Å². The summed E-state index contributed by atoms with van der Waals surface area (Å²) < 4.78 is 5.42. The zero-order valence-corrected chi connectivity index (χ0v) is 18.6. The number of nitrogens with one attached hydrogen (secondary N) is 1. The smallest absolute Gasteiger partial charge is 0.269 e. The number of likely N-dealkylation sites (N-methyl/N-ethyl adjacent to an activating group) is 1. The number of hydrogen-bond acceptors (Lipinski definition) is 7. The molecule has 9 heteroatoms. The van der Waals surface area contributed by atoms with Gasteiger partial charge in [-0.2, -0.15) is 0 Å². The Bertz CT molecular complexity index is 1310. The number of anilines is 1. The Labute approximate surface area is 195 Å². The molecule has 1 saturated heterocycles. The van der Waals surface area contributed by atoms with Crippen LogP contribution in [0.1, 0.15) is 27.4 Å². The van der Waals surface area contributed by atoms with Crippen molar-refractivity contribution in [2.75, 3.05) is 26.0 Å². The summed E-state index contributed by atoms with van der Waals surface area (Å²) in [5, 5.41) is 14.4. The number of nitro benzene ring substituents is 1. The first-order valence-corrected chi connectivity index (χ1v) is 10.8. The summed E-state index contributed by atoms with van der Waals surface area (Å²) in [5.41, 5.74) is 0.960. The second-order valence-corrected chi connectivity index (χ2v) is 8.55. The van der Waals surface area contributed by atoms with Gasteiger partial charge in [0.2, 0.25) is 5.91 Å². The molecular formula is C25H22N4O5. The van der Waals surface area contributed by atoms with Gasteiger partial charge in [-0.1, -0.05) is 12.1 Å². The van der Waals surface area contributed by atoms with Gasteiger partial charge in [0.1, 0.15) is 11.3 Å². The molecule has 0 bridgehead atoms. The fourth-order valence-electron chi connectivity index (χ4n) is 5.41. The zero-order chi connectivity index (χ0) is 24.0. The minimum atomic E-state index is -1.31. The van der Waals surface area contributed by atoms with Crippen molar-refractivity contribution in [2.45, 2.75) is 11.5 Å². The number of nitro groups is 1. The first kappa shape index (κ1) is 21.7. The van der Waals surface area contributed by atoms with Crippen LogP contribution in [0.3, 0.4) is 0 Å². The number of fused-ring (bicyclic) bond motifs is 2. The third-order valence-electron chi connectivity index (χ3n) is 6.91. The highest BCUT2D eigenvalue weighted by Gasteiger charge is 2.64. The maximum absolute atomic E-state index is 14.1. The minimum Gasteiger partial charge on any atom is -0.497 e. The Balaban J connectivity index is 1.74. The number of ketones is 1. The molecule has 9 nitrogen and oxygen atoms in total. The number of Topliss-reactive ketones (excluding diaryl/α,β-unsaturated/α-hetero) is 1. The molecule has 1 aromatic heterocycles. The monoisotopic (exact) mass is 458 g/mol. The van der Waals surface area contributed by atoms with Crippen LogP contribution in [0.25, 0.3) is 0 Å². The van der Waals surface area contributed by atoms with Crippen molar-refractivity contribution in [2.24, 2.45) is 5.92 Å². The second-order valence-electron chi connectivity index (χ2n) is 8.55. The van der Waals surface area contributed by atoms with E-state index in [9.17, 15) is 19.7 Å². The number of likely N-dealkylation sites (tertiary alicyclic amines) is 1. The van der Waals surface area contributed by atoms with Gasteiger partial charge in [0.15, 0.2) is 5.78 Å². The summed E-state index contributed by atoms with van der Waals surface area (Å²) in [4.78, 5) is 44.6. The standard InChI is InChI=1S/C25H22N4O5/c1-28-14-19(16-4-3-5-17(12-16)29(32)33)22(23(30)15-8-10-26-11-9-15)25(28)20-13-18(34-2)6-7-21(20)27-24(25)31/h3-13,19,22H,14H2,1-2H3,(H,27,31)/t19-,22+,25-/m1/s1. The van der Waals surface area contributed by atoms with Crippen molar-refractivity contribution in [1.82, 2.24) is 9.88 Å². The average Bonchev–Trinajstić information content (AvgIpc) is 3.33. The summed E-state index contributed by atoms with van der Waals surface area (Å²) in [6.45, 7) is 0.354. The molecule has 2 aromatic carbocycles. The molecule has 0 aliphatic carbocycles. The zero-order valence-electron chi connectivity index (χ0n) is 18.6. The Morgan fingerprint density at radius 2 is 1.97 bits per heavy atom. The number of methoxy groups -OCH3 is 1. The Morgan fingerprint density at radius 3 is 2.68 bits per heavy atom. The number of benzene rings is 2. The lowest BCUT2D eigenvalue weighted by Crippen LogP contribution is -2.51. The Hall–Kier alpha value is -4.11. The number of aromatic nitrogens is 1. The molecule has 3 aromatic rings. The lowest BCUT2D eigenvalue weighted by atomic mass is 9.70. The van der Waals surface area contributed by atoms with Gasteiger partial charge >= 0.3 is 0 Å². The van der Waals surface area contributed by atoms with Crippen molar-refractivity contribution in [3.63, 3.8) is 0 Å². The number of ether oxygens (including phenoxy) is 1. The molecule has 0 saturated carbocycles. The first-order valence-electron chi connectivity index (χ1n) is 10.8. The van der Waals surface area contributed by atoms with E-state index in [4.69, 9.17) is 4.74 Å². The predicted molar refractivity (Wildman–Crippen MR) is 124 cm³/mol. The van der Waals surface area contributed by atoms with E-state index in [-0.39, 0.29) is 17.4 Å². The van der Waals surface area contributed by atoms with Crippen LogP contribution in [0.5, 0.6) is 5.75 Å². The summed E-state index contributed by atoms with van der Waals surface area (Å²) in [6.07, 6.45) is 3.07. The summed E-state index contributed by atoms with van der Waals surface area (Å²) in [5.74, 6) is -1.27. The molecule has 3 atom stereocenters. The molecule has 1 fully saturated rings. The Morgan fingerprint density at radius 1 is 1.21 bits per heavy atom. The van der Waals surface area contributed by atoms with Gasteiger partial charge in [-0.15, -0.1) is 0 Å². The van der Waals surface area contributed by atoms with Crippen LogP contribution in [0.4, 0.5) is 11.4 Å². The average molecular weight is 458 g/mol. The van der Waals surface area contributed by atoms with Crippen LogP contribution >= 0.6 is 0 Å². The van der Waals surface area contributed by atoms with Gasteiger partial charge in [0.25, 0.3) is 5.69 Å². The molecule has 34 heavy (non-hydrogen) atoms. The predicted octanol–water partition coefficient (Wildman–Crippen LogP) is 3.37. The SMILES string of the molecule is COc1ccc2c(c1)[C@]1(C(=O)N2)[C@H](C(=O)c2ccncc2)[C@@H](c2cccc([N+](=O)[O-])c2)CN1C. The summed E-state index contributed by atoms with van der Waals surface area (Å²) in [7, 11) is 3.35. The first-order chi connectivity index (χ1) is 16.4. The van der Waals surface area contributed by atoms with Crippen molar-refractivity contribution in [3.05, 3.63) is 93.8 Å². The Kier molecular flexibility index (Phi) is 5.13. The lowest BCUT2D eigenvalue weighted by molar-refractivity contribution is -0.384. The fourth-order valence-corrected chi connectivity index (χ4v) is 5.41. The van der Waals surface area contributed by atoms with Gasteiger partial charge in [-0.05, 0) is 42.9 Å². The topological polar surface area (TPSA) is 115 Å². The van der Waals surface area contributed by atoms with Crippen molar-refractivity contribution in [1.29, 1.82) is 0 Å². The van der Waals surface area contributed by atoms with E-state index in [0.717, 1.165) is 0 Å². The van der Waals surface area contributed by atoms with E-state index >= 15 is 0 Å². The maximum Gasteiger partial charge on any atom is 0.269 e. The van der Waals surface area contributed by atoms with Crippen LogP contribution in [-0.4, -0.2) is 47.2 Å². The number of nitrogens with zero attached hydrogens (tertiary/aromatic N) is 3. The molecule has 2 aliphatic heterocycles. The quantitative estimate of drug-likeness (QED) is 0.354. The van der Waals surface area contributed by atoms with Gasteiger partial charge in [0.05, 0.1) is 18.0 Å². The molecule has 1 spiro atoms. The number of hydrogen-bond donors (Lipinski definition) is 1. The van der Waals surface area contributed by atoms with Crippen LogP contribution in [0.15, 0.2) is 67.0 Å². The minimum absolute atomic E-state index is 0.0610. The highest BCUT2D eigenvalue weighted by atomic mass is 16.6. The third-order valence-corrected chi connectivity index (χ3v) is 6.91. The van der Waals surface area contributed by atoms with Gasteiger partial charge < -0.3 is 10.1 Å². The van der Waals surface area contributed by atoms with E-state index in [1.807, 2.05) is 4.90 Å². The van der Waals surface area contributed by atoms with Crippen molar-refractivity contribution in [3.8, 4) is 5.75 Å². The van der Waals surface area contributed by atoms with Gasteiger partial charge in [0, 0.05) is 53.8 Å². The van der Waals surface area contributed by atoms with E-state index in [1.165, 1.54) is 24.5 Å². The molecule has 3 heterocycles. The molecule has 0 radical (unpaired) electrons. The van der Waals surface area contributed by atoms with Gasteiger partial charge in [-0.25, -0.2) is 0 Å². The molecule has 172 valence electrons. The second kappa shape index (κ2) is 8.03. The molecule has 0 unspecified atom stereocenters. The van der Waals surface area contributed by atoms with Crippen LogP contribution in [0, 0.1) is 16.0 Å². The highest BCUT2D eigenvalue weighted by Crippen LogP contribution is 2.56. The number of pyridine rings is 1. The normalized spacial score (nSPS) is 23.5. The molecule has 2 aliphatic rings. The number of carbonyl (C=O) groups is 2. The number of carbonyl (C=O) groups excluding carboxylic acids is 2. The molecule has 1 N–H and O–H groups in total. The van der Waals surface area contributed by atoms with Crippen LogP contribution in [-0.2, 0) is 10.3 Å². The molecule has 1 amide bonds. The number of amides is 1. The van der Waals surface area contributed by atoms with Crippen LogP contribution in [0.2, 0.25) is 0 Å². The van der Waals surface area contributed by atoms with E-state index in [1.54, 1.807) is 56.6 Å². The fraction of sp³-hybridized carbons (Fsp3) is 0.240.